The lowest BCUT2D eigenvalue weighted by Crippen LogP contribution is -2.30. The quantitative estimate of drug-likeness (QED) is 0.0725. The van der Waals surface area contributed by atoms with Gasteiger partial charge in [0.15, 0.2) is 17.2 Å². The first-order valence-electron chi connectivity index (χ1n) is 14.4. The Morgan fingerprint density at radius 3 is 2.11 bits per heavy atom. The molecular weight excluding hydrogens is 556 g/mol. The molecule has 0 radical (unpaired) electrons. The van der Waals surface area contributed by atoms with Crippen molar-refractivity contribution in [2.75, 3.05) is 25.0 Å². The molecule has 1 atom stereocenters. The van der Waals surface area contributed by atoms with E-state index < -0.39 is 17.9 Å². The third-order valence-corrected chi connectivity index (χ3v) is 6.69. The van der Waals surface area contributed by atoms with Gasteiger partial charge in [0.05, 0.1) is 23.8 Å². The van der Waals surface area contributed by atoms with Crippen LogP contribution in [0.5, 0.6) is 17.2 Å². The predicted molar refractivity (Wildman–Crippen MR) is 170 cm³/mol. The molecule has 0 saturated carbocycles. The van der Waals surface area contributed by atoms with Crippen molar-refractivity contribution in [2.45, 2.75) is 19.9 Å². The number of para-hydroxylation sites is 4. The summed E-state index contributed by atoms with van der Waals surface area (Å²) in [5.41, 5.74) is 2.05. The maximum absolute atomic E-state index is 13.0. The Bertz CT molecular complexity index is 1540. The van der Waals surface area contributed by atoms with Crippen molar-refractivity contribution in [3.63, 3.8) is 0 Å². The van der Waals surface area contributed by atoms with Gasteiger partial charge in [-0.1, -0.05) is 86.3 Å². The molecule has 0 aliphatic rings. The van der Waals surface area contributed by atoms with Crippen LogP contribution < -0.4 is 19.5 Å². The average molecular weight is 593 g/mol. The summed E-state index contributed by atoms with van der Waals surface area (Å²) in [5.74, 6) is -0.496. The minimum atomic E-state index is -0.530. The van der Waals surface area contributed by atoms with E-state index in [2.05, 4.69) is 11.9 Å². The van der Waals surface area contributed by atoms with Gasteiger partial charge < -0.3 is 24.4 Å². The number of carbonyl (C=O) groups is 3. The molecule has 1 N–H and O–H groups in total. The lowest BCUT2D eigenvalue weighted by atomic mass is 10.1. The number of ether oxygens (including phenoxy) is 3. The Morgan fingerprint density at radius 1 is 0.795 bits per heavy atom. The first kappa shape index (κ1) is 31.6. The van der Waals surface area contributed by atoms with Crippen LogP contribution >= 0.6 is 0 Å². The van der Waals surface area contributed by atoms with Crippen LogP contribution in [0.1, 0.15) is 29.3 Å². The Morgan fingerprint density at radius 2 is 1.41 bits per heavy atom. The zero-order valence-corrected chi connectivity index (χ0v) is 24.7. The van der Waals surface area contributed by atoms with E-state index in [9.17, 15) is 14.4 Å². The summed E-state index contributed by atoms with van der Waals surface area (Å²) < 4.78 is 17.2. The molecule has 0 aliphatic heterocycles. The molecule has 226 valence electrons. The molecule has 4 rings (SSSR count). The van der Waals surface area contributed by atoms with Gasteiger partial charge in [-0.25, -0.2) is 4.79 Å². The Kier molecular flexibility index (Phi) is 11.7. The number of nitrogens with one attached hydrogen (secondary N) is 1. The van der Waals surface area contributed by atoms with Crippen LogP contribution in [0.15, 0.2) is 122 Å². The van der Waals surface area contributed by atoms with Crippen molar-refractivity contribution in [3.8, 4) is 17.2 Å². The highest BCUT2D eigenvalue weighted by molar-refractivity contribution is 5.91. The van der Waals surface area contributed by atoms with E-state index in [0.717, 1.165) is 5.56 Å². The van der Waals surface area contributed by atoms with Crippen LogP contribution in [-0.2, 0) is 16.1 Å². The van der Waals surface area contributed by atoms with Crippen LogP contribution in [0.25, 0.3) is 0 Å². The number of carbonyl (C=O) groups excluding carboxylic acids is 3. The molecule has 0 aromatic heterocycles. The Balaban J connectivity index is 1.28. The molecule has 4 aromatic rings. The van der Waals surface area contributed by atoms with Crippen molar-refractivity contribution in [2.24, 2.45) is 5.92 Å². The van der Waals surface area contributed by atoms with E-state index in [1.54, 1.807) is 78.6 Å². The molecule has 0 saturated heterocycles. The lowest BCUT2D eigenvalue weighted by molar-refractivity contribution is -0.138. The normalized spacial score (nSPS) is 11.1. The Labute approximate surface area is 257 Å². The van der Waals surface area contributed by atoms with Gasteiger partial charge in [-0.15, -0.1) is 0 Å². The van der Waals surface area contributed by atoms with Gasteiger partial charge in [0.1, 0.15) is 0 Å². The summed E-state index contributed by atoms with van der Waals surface area (Å²) in [6, 6.07) is 32.5. The lowest BCUT2D eigenvalue weighted by Gasteiger charge is -2.21. The molecule has 1 amide bonds. The highest BCUT2D eigenvalue weighted by Gasteiger charge is 2.19. The van der Waals surface area contributed by atoms with Gasteiger partial charge in [0.25, 0.3) is 0 Å². The topological polar surface area (TPSA) is 94.2 Å². The molecule has 0 aliphatic carbocycles. The summed E-state index contributed by atoms with van der Waals surface area (Å²) in [4.78, 5) is 39.6. The number of rotatable bonds is 15. The Hall–Kier alpha value is -5.37. The highest BCUT2D eigenvalue weighted by Crippen LogP contribution is 2.28. The van der Waals surface area contributed by atoms with Gasteiger partial charge >= 0.3 is 11.9 Å². The second-order valence-corrected chi connectivity index (χ2v) is 10.1. The van der Waals surface area contributed by atoms with Gasteiger partial charge in [-0.2, -0.15) is 0 Å². The van der Waals surface area contributed by atoms with E-state index in [0.29, 0.717) is 54.6 Å². The van der Waals surface area contributed by atoms with Crippen molar-refractivity contribution in [1.29, 1.82) is 0 Å². The number of esters is 2. The number of hydrogen-bond acceptors (Lipinski definition) is 7. The standard InChI is InChI=1S/C36H36N2O6/c1-3-34(39)38(26-28-15-6-4-7-16-28)23-14-24-42-32-21-12-13-22-33(32)44-35(40)27(2)25-37-30-19-10-11-20-31(30)43-36(41)29-17-8-5-9-18-29/h3-13,15-22,27,37H,1,14,23-26H2,2H3. The van der Waals surface area contributed by atoms with Gasteiger partial charge in [-0.05, 0) is 54.5 Å². The zero-order chi connectivity index (χ0) is 31.1. The van der Waals surface area contributed by atoms with Crippen molar-refractivity contribution < 1.29 is 28.6 Å². The van der Waals surface area contributed by atoms with Crippen molar-refractivity contribution >= 4 is 23.5 Å². The predicted octanol–water partition coefficient (Wildman–Crippen LogP) is 6.54. The zero-order valence-electron chi connectivity index (χ0n) is 24.7. The molecule has 4 aromatic carbocycles. The SMILES string of the molecule is C=CC(=O)N(CCCOc1ccccc1OC(=O)C(C)CNc1ccccc1OC(=O)c1ccccc1)Cc1ccccc1. The maximum atomic E-state index is 13.0. The smallest absolute Gasteiger partial charge is 0.343 e. The van der Waals surface area contributed by atoms with Crippen molar-refractivity contribution in [1.82, 2.24) is 4.90 Å². The molecule has 0 bridgehead atoms. The number of hydrogen-bond donors (Lipinski definition) is 1. The summed E-state index contributed by atoms with van der Waals surface area (Å²) >= 11 is 0. The summed E-state index contributed by atoms with van der Waals surface area (Å²) in [5, 5.41) is 3.19. The molecule has 8 heteroatoms. The molecule has 1 unspecified atom stereocenters. The van der Waals surface area contributed by atoms with Gasteiger partial charge in [-0.3, -0.25) is 9.59 Å². The first-order chi connectivity index (χ1) is 21.4. The molecule has 0 heterocycles. The van der Waals surface area contributed by atoms with E-state index in [-0.39, 0.29) is 12.5 Å². The van der Waals surface area contributed by atoms with E-state index in [1.807, 2.05) is 42.5 Å². The fraction of sp³-hybridized carbons (Fsp3) is 0.194. The summed E-state index contributed by atoms with van der Waals surface area (Å²) in [6.45, 7) is 6.88. The largest absolute Gasteiger partial charge is 0.490 e. The van der Waals surface area contributed by atoms with Crippen LogP contribution in [0, 0.1) is 5.92 Å². The van der Waals surface area contributed by atoms with E-state index in [4.69, 9.17) is 14.2 Å². The second kappa shape index (κ2) is 16.3. The van der Waals surface area contributed by atoms with Gasteiger partial charge in [0, 0.05) is 19.6 Å². The number of amides is 1. The molecule has 0 fully saturated rings. The third kappa shape index (κ3) is 9.32. The van der Waals surface area contributed by atoms with Crippen LogP contribution in [0.2, 0.25) is 0 Å². The van der Waals surface area contributed by atoms with Gasteiger partial charge in [0.2, 0.25) is 5.91 Å². The fourth-order valence-electron chi connectivity index (χ4n) is 4.28. The summed E-state index contributed by atoms with van der Waals surface area (Å²) in [7, 11) is 0. The third-order valence-electron chi connectivity index (χ3n) is 6.69. The van der Waals surface area contributed by atoms with Crippen LogP contribution in [-0.4, -0.2) is 42.4 Å². The number of benzene rings is 4. The minimum absolute atomic E-state index is 0.150. The monoisotopic (exact) mass is 592 g/mol. The first-order valence-corrected chi connectivity index (χ1v) is 14.4. The second-order valence-electron chi connectivity index (χ2n) is 10.1. The molecular formula is C36H36N2O6. The number of anilines is 1. The van der Waals surface area contributed by atoms with Crippen LogP contribution in [0.3, 0.4) is 0 Å². The fourth-order valence-corrected chi connectivity index (χ4v) is 4.28. The summed E-state index contributed by atoms with van der Waals surface area (Å²) in [6.07, 6.45) is 1.88. The van der Waals surface area contributed by atoms with E-state index >= 15 is 0 Å². The minimum Gasteiger partial charge on any atom is -0.490 e. The average Bonchev–Trinajstić information content (AvgIpc) is 3.06. The van der Waals surface area contributed by atoms with E-state index in [1.165, 1.54) is 6.08 Å². The molecule has 8 nitrogen and oxygen atoms in total. The molecule has 0 spiro atoms. The highest BCUT2D eigenvalue weighted by atomic mass is 16.6. The number of nitrogens with zero attached hydrogens (tertiary/aromatic N) is 1. The van der Waals surface area contributed by atoms with Crippen LogP contribution in [0.4, 0.5) is 5.69 Å². The molecule has 44 heavy (non-hydrogen) atoms. The van der Waals surface area contributed by atoms with Crippen molar-refractivity contribution in [3.05, 3.63) is 133 Å². The maximum Gasteiger partial charge on any atom is 0.343 e.